The Balaban J connectivity index is 0.000000201. The van der Waals surface area contributed by atoms with Gasteiger partial charge in [-0.2, -0.15) is 43.2 Å². The Morgan fingerprint density at radius 1 is 0.639 bits per heavy atom. The van der Waals surface area contributed by atoms with Crippen molar-refractivity contribution < 1.29 is 51.5 Å². The second-order valence-electron chi connectivity index (χ2n) is 6.63. The molecule has 2 aromatic heterocycles. The average molecular weight is 554 g/mol. The molecule has 0 unspecified atom stereocenters. The van der Waals surface area contributed by atoms with Crippen LogP contribution in [0.15, 0.2) is 72.9 Å². The number of aromatic nitrogens is 2. The maximum Gasteiger partial charge on any atom is 0.534 e. The molecule has 4 aromatic rings. The normalized spacial score (nSPS) is 12.6. The molecule has 0 bridgehead atoms. The third-order valence-electron chi connectivity index (χ3n) is 4.14. The van der Waals surface area contributed by atoms with Gasteiger partial charge in [0, 0.05) is 29.1 Å². The van der Waals surface area contributed by atoms with E-state index < -0.39 is 42.9 Å². The zero-order valence-corrected chi connectivity index (χ0v) is 19.0. The number of pyridine rings is 2. The fourth-order valence-corrected chi connectivity index (χ4v) is 3.45. The SMILES string of the molecule is O=S(=O)(Oc1ccc2ccccc2n1)C(F)(F)F.O=S(=O)(Oc1ccnc2ccccc12)C(F)(F)F. The van der Waals surface area contributed by atoms with Crippen LogP contribution in [-0.4, -0.2) is 37.8 Å². The first-order chi connectivity index (χ1) is 16.6. The van der Waals surface area contributed by atoms with Gasteiger partial charge in [-0.05, 0) is 24.3 Å². The van der Waals surface area contributed by atoms with Crippen LogP contribution >= 0.6 is 0 Å². The lowest BCUT2D eigenvalue weighted by molar-refractivity contribution is -0.0505. The Hall–Kier alpha value is -3.66. The minimum Gasteiger partial charge on any atom is -0.375 e. The van der Waals surface area contributed by atoms with Crippen molar-refractivity contribution in [3.8, 4) is 11.6 Å². The molecular formula is C20H12F6N2O6S2. The van der Waals surface area contributed by atoms with Crippen LogP contribution in [0.1, 0.15) is 0 Å². The molecule has 0 aliphatic heterocycles. The van der Waals surface area contributed by atoms with E-state index in [9.17, 15) is 43.2 Å². The largest absolute Gasteiger partial charge is 0.534 e. The highest BCUT2D eigenvalue weighted by atomic mass is 32.2. The van der Waals surface area contributed by atoms with Gasteiger partial charge in [-0.15, -0.1) is 0 Å². The molecule has 2 aromatic carbocycles. The van der Waals surface area contributed by atoms with E-state index in [0.717, 1.165) is 12.1 Å². The first kappa shape index (κ1) is 26.9. The minimum atomic E-state index is -5.68. The number of hydrogen-bond acceptors (Lipinski definition) is 8. The number of para-hydroxylation sites is 2. The van der Waals surface area contributed by atoms with E-state index in [4.69, 9.17) is 0 Å². The third kappa shape index (κ3) is 6.12. The van der Waals surface area contributed by atoms with Crippen molar-refractivity contribution in [3.63, 3.8) is 0 Å². The van der Waals surface area contributed by atoms with Gasteiger partial charge in [-0.3, -0.25) is 4.98 Å². The fraction of sp³-hybridized carbons (Fsp3) is 0.100. The van der Waals surface area contributed by atoms with Crippen molar-refractivity contribution in [3.05, 3.63) is 72.9 Å². The van der Waals surface area contributed by atoms with Gasteiger partial charge in [0.15, 0.2) is 5.75 Å². The lowest BCUT2D eigenvalue weighted by Crippen LogP contribution is -2.28. The Morgan fingerprint density at radius 3 is 1.83 bits per heavy atom. The van der Waals surface area contributed by atoms with Crippen LogP contribution in [0, 0.1) is 0 Å². The smallest absolute Gasteiger partial charge is 0.375 e. The van der Waals surface area contributed by atoms with Crippen molar-refractivity contribution in [1.82, 2.24) is 9.97 Å². The highest BCUT2D eigenvalue weighted by molar-refractivity contribution is 7.88. The number of halogens is 6. The van der Waals surface area contributed by atoms with Crippen LogP contribution in [0.3, 0.4) is 0 Å². The highest BCUT2D eigenvalue weighted by Crippen LogP contribution is 2.31. The van der Waals surface area contributed by atoms with Crippen molar-refractivity contribution in [1.29, 1.82) is 0 Å². The zero-order valence-electron chi connectivity index (χ0n) is 17.4. The van der Waals surface area contributed by atoms with E-state index in [1.807, 2.05) is 0 Å². The Kier molecular flexibility index (Phi) is 7.31. The second-order valence-corrected chi connectivity index (χ2v) is 9.71. The summed E-state index contributed by atoms with van der Waals surface area (Å²) in [6.45, 7) is 0. The van der Waals surface area contributed by atoms with Gasteiger partial charge in [0.2, 0.25) is 5.88 Å². The number of rotatable bonds is 4. The highest BCUT2D eigenvalue weighted by Gasteiger charge is 2.49. The number of alkyl halides is 6. The summed E-state index contributed by atoms with van der Waals surface area (Å²) in [4.78, 5) is 7.55. The fourth-order valence-electron chi connectivity index (χ4n) is 2.56. The summed E-state index contributed by atoms with van der Waals surface area (Å²) < 4.78 is 124. The second kappa shape index (κ2) is 9.77. The molecule has 192 valence electrons. The van der Waals surface area contributed by atoms with Crippen LogP contribution in [0.4, 0.5) is 26.3 Å². The van der Waals surface area contributed by atoms with E-state index in [1.165, 1.54) is 36.5 Å². The molecule has 4 rings (SSSR count). The molecule has 8 nitrogen and oxygen atoms in total. The Morgan fingerprint density at radius 2 is 1.19 bits per heavy atom. The zero-order chi connectivity index (χ0) is 26.8. The van der Waals surface area contributed by atoms with E-state index in [0.29, 0.717) is 16.4 Å². The monoisotopic (exact) mass is 554 g/mol. The van der Waals surface area contributed by atoms with Crippen LogP contribution in [0.2, 0.25) is 0 Å². The predicted molar refractivity (Wildman–Crippen MR) is 115 cm³/mol. The lowest BCUT2D eigenvalue weighted by Gasteiger charge is -2.10. The first-order valence-corrected chi connectivity index (χ1v) is 12.1. The number of fused-ring (bicyclic) bond motifs is 2. The van der Waals surface area contributed by atoms with Gasteiger partial charge in [0.25, 0.3) is 0 Å². The first-order valence-electron chi connectivity index (χ1n) is 9.32. The standard InChI is InChI=1S/2C10H6F3NO3S/c11-10(12,13)18(15,16)17-9-5-6-14-8-4-2-1-3-7(8)9;11-10(12,13)18(15,16)17-9-6-5-7-3-1-2-4-8(7)14-9/h2*1-6H. The summed E-state index contributed by atoms with van der Waals surface area (Å²) in [5.74, 6) is -1.02. The number of benzene rings is 2. The third-order valence-corrected chi connectivity index (χ3v) is 6.07. The van der Waals surface area contributed by atoms with Crippen LogP contribution in [0.5, 0.6) is 11.6 Å². The topological polar surface area (TPSA) is 113 Å². The molecule has 0 atom stereocenters. The van der Waals surface area contributed by atoms with Crippen LogP contribution in [-0.2, 0) is 20.2 Å². The van der Waals surface area contributed by atoms with Gasteiger partial charge in [-0.1, -0.05) is 30.3 Å². The van der Waals surface area contributed by atoms with Crippen LogP contribution < -0.4 is 8.37 Å². The quantitative estimate of drug-likeness (QED) is 0.198. The summed E-state index contributed by atoms with van der Waals surface area (Å²) >= 11 is 0. The lowest BCUT2D eigenvalue weighted by atomic mass is 10.2. The maximum atomic E-state index is 12.2. The van der Waals surface area contributed by atoms with E-state index in [1.54, 1.807) is 24.3 Å². The summed E-state index contributed by atoms with van der Waals surface area (Å²) in [6, 6.07) is 16.2. The molecular weight excluding hydrogens is 542 g/mol. The minimum absolute atomic E-state index is 0.188. The molecule has 0 N–H and O–H groups in total. The number of hydrogen-bond donors (Lipinski definition) is 0. The molecule has 0 amide bonds. The molecule has 0 aliphatic rings. The summed E-state index contributed by atoms with van der Waals surface area (Å²) in [7, 11) is -11.4. The van der Waals surface area contributed by atoms with E-state index >= 15 is 0 Å². The summed E-state index contributed by atoms with van der Waals surface area (Å²) in [5.41, 5.74) is -10.3. The molecule has 0 saturated carbocycles. The maximum absolute atomic E-state index is 12.2. The molecule has 36 heavy (non-hydrogen) atoms. The molecule has 0 radical (unpaired) electrons. The van der Waals surface area contributed by atoms with Crippen molar-refractivity contribution in [2.45, 2.75) is 11.0 Å². The molecule has 0 spiro atoms. The number of nitrogens with zero attached hydrogens (tertiary/aromatic N) is 2. The van der Waals surface area contributed by atoms with Gasteiger partial charge >= 0.3 is 31.3 Å². The van der Waals surface area contributed by atoms with Gasteiger partial charge in [0.1, 0.15) is 0 Å². The van der Waals surface area contributed by atoms with E-state index in [-0.39, 0.29) is 5.39 Å². The van der Waals surface area contributed by atoms with Crippen molar-refractivity contribution in [2.75, 3.05) is 0 Å². The van der Waals surface area contributed by atoms with Crippen LogP contribution in [0.25, 0.3) is 21.8 Å². The van der Waals surface area contributed by atoms with Crippen molar-refractivity contribution >= 4 is 42.0 Å². The predicted octanol–water partition coefficient (Wildman–Crippen LogP) is 4.93. The van der Waals surface area contributed by atoms with Crippen molar-refractivity contribution in [2.24, 2.45) is 0 Å². The summed E-state index contributed by atoms with van der Waals surface area (Å²) in [5, 5.41) is 0.849. The molecule has 0 fully saturated rings. The average Bonchev–Trinajstić information content (AvgIpc) is 2.78. The Labute approximate surface area is 199 Å². The van der Waals surface area contributed by atoms with Gasteiger partial charge in [-0.25, -0.2) is 4.98 Å². The molecule has 0 saturated heterocycles. The van der Waals surface area contributed by atoms with Gasteiger partial charge < -0.3 is 8.37 Å². The van der Waals surface area contributed by atoms with Gasteiger partial charge in [0.05, 0.1) is 11.0 Å². The Bertz CT molecular complexity index is 1600. The molecule has 2 heterocycles. The van der Waals surface area contributed by atoms with E-state index in [2.05, 4.69) is 18.3 Å². The molecule has 0 aliphatic carbocycles. The summed E-state index contributed by atoms with van der Waals surface area (Å²) in [6.07, 6.45) is 1.17. The molecule has 16 heteroatoms.